The van der Waals surface area contributed by atoms with Gasteiger partial charge in [-0.1, -0.05) is 47.5 Å². The van der Waals surface area contributed by atoms with Crippen LogP contribution in [0.5, 0.6) is 0 Å². The molecule has 2 aromatic carbocycles. The molecule has 1 aliphatic heterocycles. The predicted octanol–water partition coefficient (Wildman–Crippen LogP) is 5.52. The summed E-state index contributed by atoms with van der Waals surface area (Å²) in [5.74, 6) is -0.315. The zero-order valence-corrected chi connectivity index (χ0v) is 14.2. The fraction of sp³-hybridized carbons (Fsp3) is 0.211. The fourth-order valence-corrected chi connectivity index (χ4v) is 4.43. The van der Waals surface area contributed by atoms with E-state index in [0.29, 0.717) is 21.5 Å². The zero-order chi connectivity index (χ0) is 16.8. The largest absolute Gasteiger partial charge is 0.478 e. The smallest absolute Gasteiger partial charge is 0.335 e. The van der Waals surface area contributed by atoms with Crippen molar-refractivity contribution in [1.29, 1.82) is 0 Å². The summed E-state index contributed by atoms with van der Waals surface area (Å²) in [5.41, 5.74) is 3.41. The lowest BCUT2D eigenvalue weighted by Crippen LogP contribution is -2.29. The van der Waals surface area contributed by atoms with Crippen molar-refractivity contribution < 1.29 is 9.90 Å². The number of hydrogen-bond acceptors (Lipinski definition) is 2. The highest BCUT2D eigenvalue weighted by Crippen LogP contribution is 2.52. The average Bonchev–Trinajstić information content (AvgIpc) is 3.02. The lowest BCUT2D eigenvalue weighted by Gasteiger charge is -2.38. The molecule has 0 fully saturated rings. The number of halogens is 2. The quantitative estimate of drug-likeness (QED) is 0.694. The lowest BCUT2D eigenvalue weighted by atomic mass is 9.77. The first kappa shape index (κ1) is 15.6. The van der Waals surface area contributed by atoms with Crippen LogP contribution in [0.15, 0.2) is 48.6 Å². The molecule has 5 heteroatoms. The maximum atomic E-state index is 11.1. The van der Waals surface area contributed by atoms with Crippen LogP contribution in [0.3, 0.4) is 0 Å². The summed E-state index contributed by atoms with van der Waals surface area (Å²) >= 11 is 12.6. The Balaban J connectivity index is 1.76. The van der Waals surface area contributed by atoms with E-state index in [0.717, 1.165) is 23.2 Å². The van der Waals surface area contributed by atoms with Crippen molar-refractivity contribution in [2.75, 3.05) is 5.32 Å². The van der Waals surface area contributed by atoms with Gasteiger partial charge in [-0.05, 0) is 42.2 Å². The molecule has 2 aliphatic rings. The third-order valence-corrected chi connectivity index (χ3v) is 5.43. The first-order valence-electron chi connectivity index (χ1n) is 7.80. The zero-order valence-electron chi connectivity index (χ0n) is 12.7. The van der Waals surface area contributed by atoms with Crippen molar-refractivity contribution in [2.24, 2.45) is 5.92 Å². The molecule has 2 unspecified atom stereocenters. The highest BCUT2D eigenvalue weighted by Gasteiger charge is 2.39. The van der Waals surface area contributed by atoms with Crippen LogP contribution < -0.4 is 5.32 Å². The molecule has 0 spiro atoms. The van der Waals surface area contributed by atoms with E-state index in [1.165, 1.54) is 0 Å². The van der Waals surface area contributed by atoms with Crippen molar-refractivity contribution in [1.82, 2.24) is 0 Å². The van der Waals surface area contributed by atoms with Crippen LogP contribution in [0.2, 0.25) is 10.0 Å². The number of aromatic carboxylic acids is 1. The van der Waals surface area contributed by atoms with Gasteiger partial charge in [0.1, 0.15) is 0 Å². The molecule has 4 rings (SSSR count). The van der Waals surface area contributed by atoms with Crippen LogP contribution in [0.25, 0.3) is 0 Å². The topological polar surface area (TPSA) is 49.3 Å². The molecule has 24 heavy (non-hydrogen) atoms. The van der Waals surface area contributed by atoms with Gasteiger partial charge in [0.05, 0.1) is 11.6 Å². The number of fused-ring (bicyclic) bond motifs is 3. The van der Waals surface area contributed by atoms with Crippen molar-refractivity contribution >= 4 is 34.9 Å². The van der Waals surface area contributed by atoms with E-state index in [2.05, 4.69) is 17.5 Å². The minimum Gasteiger partial charge on any atom is -0.478 e. The van der Waals surface area contributed by atoms with E-state index in [9.17, 15) is 4.79 Å². The Morgan fingerprint density at radius 1 is 1.17 bits per heavy atom. The Labute approximate surface area is 149 Å². The van der Waals surface area contributed by atoms with Crippen molar-refractivity contribution in [2.45, 2.75) is 18.4 Å². The maximum Gasteiger partial charge on any atom is 0.335 e. The van der Waals surface area contributed by atoms with E-state index in [4.69, 9.17) is 28.3 Å². The number of allylic oxidation sites excluding steroid dienone is 2. The Morgan fingerprint density at radius 3 is 2.62 bits per heavy atom. The summed E-state index contributed by atoms with van der Waals surface area (Å²) in [6, 6.07) is 10.9. The van der Waals surface area contributed by atoms with Gasteiger partial charge >= 0.3 is 5.97 Å². The predicted molar refractivity (Wildman–Crippen MR) is 96.2 cm³/mol. The van der Waals surface area contributed by atoms with Gasteiger partial charge in [-0.2, -0.15) is 0 Å². The molecule has 122 valence electrons. The molecule has 0 radical (unpaired) electrons. The van der Waals surface area contributed by atoms with E-state index in [1.807, 2.05) is 18.2 Å². The molecule has 0 bridgehead atoms. The second-order valence-electron chi connectivity index (χ2n) is 6.25. The summed E-state index contributed by atoms with van der Waals surface area (Å²) < 4.78 is 0. The van der Waals surface area contributed by atoms with Gasteiger partial charge in [-0.25, -0.2) is 4.79 Å². The van der Waals surface area contributed by atoms with Crippen LogP contribution in [0.4, 0.5) is 5.69 Å². The molecule has 0 saturated heterocycles. The molecule has 0 aromatic heterocycles. The van der Waals surface area contributed by atoms with Gasteiger partial charge in [0.2, 0.25) is 0 Å². The van der Waals surface area contributed by atoms with Crippen LogP contribution >= 0.6 is 23.2 Å². The number of carboxylic acid groups (broad SMARTS) is 1. The molecule has 1 aliphatic carbocycles. The highest BCUT2D eigenvalue weighted by molar-refractivity contribution is 6.35. The lowest BCUT2D eigenvalue weighted by molar-refractivity contribution is 0.0697. The normalized spacial score (nSPS) is 24.2. The molecule has 2 aromatic rings. The van der Waals surface area contributed by atoms with Crippen molar-refractivity contribution in [3.8, 4) is 0 Å². The molecule has 2 N–H and O–H groups in total. The average molecular weight is 360 g/mol. The van der Waals surface area contributed by atoms with Gasteiger partial charge in [-0.15, -0.1) is 0 Å². The van der Waals surface area contributed by atoms with Crippen LogP contribution in [0.1, 0.15) is 39.9 Å². The number of rotatable bonds is 2. The minimum absolute atomic E-state index is 0.0925. The third kappa shape index (κ3) is 2.48. The number of carbonyl (C=O) groups is 1. The summed E-state index contributed by atoms with van der Waals surface area (Å²) in [7, 11) is 0. The van der Waals surface area contributed by atoms with Crippen molar-refractivity contribution in [3.63, 3.8) is 0 Å². The molecule has 3 nitrogen and oxygen atoms in total. The SMILES string of the molecule is O=C(O)c1ccc([C@H]2Nc3cc(Cl)cc(Cl)c3C3C=CCC32)cc1. The number of anilines is 1. The first-order valence-corrected chi connectivity index (χ1v) is 8.55. The van der Waals surface area contributed by atoms with Crippen LogP contribution in [-0.4, -0.2) is 11.1 Å². The minimum atomic E-state index is -0.914. The Hall–Kier alpha value is -1.97. The summed E-state index contributed by atoms with van der Waals surface area (Å²) in [5, 5.41) is 13.9. The number of nitrogens with one attached hydrogen (secondary N) is 1. The molecular weight excluding hydrogens is 345 g/mol. The summed E-state index contributed by atoms with van der Waals surface area (Å²) in [4.78, 5) is 11.1. The monoisotopic (exact) mass is 359 g/mol. The van der Waals surface area contributed by atoms with E-state index >= 15 is 0 Å². The standard InChI is InChI=1S/C19H15Cl2NO2/c20-12-8-15(21)17-13-2-1-3-14(13)18(22-16(17)9-12)10-4-6-11(7-5-10)19(23)24/h1-2,4-9,13-14,18,22H,3H2,(H,23,24)/t13?,14?,18-/m1/s1. The second kappa shape index (κ2) is 5.83. The molecule has 3 atom stereocenters. The summed E-state index contributed by atoms with van der Waals surface area (Å²) in [6.07, 6.45) is 5.36. The van der Waals surface area contributed by atoms with E-state index in [1.54, 1.807) is 18.2 Å². The maximum absolute atomic E-state index is 11.1. The number of carboxylic acids is 1. The van der Waals surface area contributed by atoms with E-state index < -0.39 is 5.97 Å². The van der Waals surface area contributed by atoms with E-state index in [-0.39, 0.29) is 12.0 Å². The third-order valence-electron chi connectivity index (χ3n) is 4.90. The number of hydrogen-bond donors (Lipinski definition) is 2. The number of benzene rings is 2. The van der Waals surface area contributed by atoms with Crippen LogP contribution in [-0.2, 0) is 0 Å². The molecule has 1 heterocycles. The van der Waals surface area contributed by atoms with Gasteiger partial charge in [0.25, 0.3) is 0 Å². The van der Waals surface area contributed by atoms with Gasteiger partial charge in [-0.3, -0.25) is 0 Å². The highest BCUT2D eigenvalue weighted by atomic mass is 35.5. The Kier molecular flexibility index (Phi) is 3.78. The first-order chi connectivity index (χ1) is 11.5. The Bertz CT molecular complexity index is 845. The second-order valence-corrected chi connectivity index (χ2v) is 7.10. The van der Waals surface area contributed by atoms with Crippen molar-refractivity contribution in [3.05, 3.63) is 75.3 Å². The molecule has 0 saturated carbocycles. The summed E-state index contributed by atoms with van der Waals surface area (Å²) in [6.45, 7) is 0. The van der Waals surface area contributed by atoms with Crippen LogP contribution in [0, 0.1) is 5.92 Å². The molecular formula is C19H15Cl2NO2. The fourth-order valence-electron chi connectivity index (χ4n) is 3.81. The van der Waals surface area contributed by atoms with Gasteiger partial charge in [0, 0.05) is 27.2 Å². The van der Waals surface area contributed by atoms with Gasteiger partial charge < -0.3 is 10.4 Å². The molecule has 0 amide bonds. The Morgan fingerprint density at radius 2 is 1.92 bits per heavy atom. The van der Waals surface area contributed by atoms with Gasteiger partial charge in [0.15, 0.2) is 0 Å².